The van der Waals surface area contributed by atoms with E-state index in [0.29, 0.717) is 28.6 Å². The van der Waals surface area contributed by atoms with Gasteiger partial charge in [-0.15, -0.1) is 0 Å². The number of H-pyrrole nitrogens is 1. The lowest BCUT2D eigenvalue weighted by atomic mass is 10.2. The molecule has 174 valence electrons. The van der Waals surface area contributed by atoms with E-state index in [9.17, 15) is 9.90 Å². The molecule has 4 rings (SSSR count). The van der Waals surface area contributed by atoms with Gasteiger partial charge >= 0.3 is 0 Å². The number of aryl methyl sites for hydroxylation is 1. The molecule has 0 saturated carbocycles. The predicted octanol–water partition coefficient (Wildman–Crippen LogP) is 4.12. The number of hydrogen-bond donors (Lipinski definition) is 3. The van der Waals surface area contributed by atoms with Crippen LogP contribution in [-0.4, -0.2) is 59.3 Å². The number of nitrogens with zero attached hydrogens (tertiary/aromatic N) is 1. The van der Waals surface area contributed by atoms with Gasteiger partial charge < -0.3 is 24.9 Å². The van der Waals surface area contributed by atoms with Gasteiger partial charge in [0.1, 0.15) is 30.3 Å². The van der Waals surface area contributed by atoms with Crippen LogP contribution >= 0.6 is 11.6 Å². The molecular weight excluding hydrogens is 442 g/mol. The molecule has 3 aromatic rings. The van der Waals surface area contributed by atoms with E-state index in [4.69, 9.17) is 21.1 Å². The third-order valence-corrected chi connectivity index (χ3v) is 5.74. The van der Waals surface area contributed by atoms with Gasteiger partial charge in [0.25, 0.3) is 5.91 Å². The molecule has 0 spiro atoms. The Kier molecular flexibility index (Phi) is 7.54. The summed E-state index contributed by atoms with van der Waals surface area (Å²) in [4.78, 5) is 17.4. The Morgan fingerprint density at radius 1 is 1.27 bits per heavy atom. The summed E-state index contributed by atoms with van der Waals surface area (Å²) in [7, 11) is 0. The molecule has 2 unspecified atom stereocenters. The predicted molar refractivity (Wildman–Crippen MR) is 128 cm³/mol. The van der Waals surface area contributed by atoms with Gasteiger partial charge in [0.05, 0.1) is 11.3 Å². The molecule has 1 amide bonds. The first-order valence-electron chi connectivity index (χ1n) is 11.0. The quantitative estimate of drug-likeness (QED) is 0.439. The van der Waals surface area contributed by atoms with Crippen LogP contribution in [0.2, 0.25) is 5.02 Å². The minimum atomic E-state index is -0.673. The highest BCUT2D eigenvalue weighted by molar-refractivity contribution is 6.30. The molecule has 33 heavy (non-hydrogen) atoms. The summed E-state index contributed by atoms with van der Waals surface area (Å²) in [5.41, 5.74) is 2.10. The van der Waals surface area contributed by atoms with Crippen molar-refractivity contribution < 1.29 is 19.4 Å². The first-order chi connectivity index (χ1) is 16.0. The molecule has 2 aromatic carbocycles. The van der Waals surface area contributed by atoms with Crippen LogP contribution in [-0.2, 0) is 0 Å². The van der Waals surface area contributed by atoms with Gasteiger partial charge in [-0.25, -0.2) is 0 Å². The minimum Gasteiger partial charge on any atom is -0.489 e. The fourth-order valence-corrected chi connectivity index (χ4v) is 3.94. The van der Waals surface area contributed by atoms with Crippen molar-refractivity contribution in [3.8, 4) is 11.5 Å². The van der Waals surface area contributed by atoms with Crippen LogP contribution in [0, 0.1) is 6.92 Å². The van der Waals surface area contributed by atoms with Crippen molar-refractivity contribution in [3.05, 3.63) is 77.1 Å². The number of aromatic nitrogens is 1. The van der Waals surface area contributed by atoms with Crippen LogP contribution in [0.15, 0.2) is 60.9 Å². The van der Waals surface area contributed by atoms with Crippen LogP contribution in [0.3, 0.4) is 0 Å². The summed E-state index contributed by atoms with van der Waals surface area (Å²) >= 11 is 5.92. The average molecular weight is 470 g/mol. The molecular formula is C25H28ClN3O4. The van der Waals surface area contributed by atoms with Crippen LogP contribution in [0.4, 0.5) is 5.69 Å². The summed E-state index contributed by atoms with van der Waals surface area (Å²) in [5, 5.41) is 14.1. The van der Waals surface area contributed by atoms with Crippen molar-refractivity contribution in [3.63, 3.8) is 0 Å². The normalized spacial score (nSPS) is 17.0. The second-order valence-electron chi connectivity index (χ2n) is 8.26. The molecule has 8 heteroatoms. The Labute approximate surface area is 198 Å². The fraction of sp³-hybridized carbons (Fsp3) is 0.320. The molecule has 3 N–H and O–H groups in total. The number of aromatic amines is 1. The van der Waals surface area contributed by atoms with Crippen LogP contribution in [0.5, 0.6) is 11.5 Å². The number of aliphatic hydroxyl groups excluding tert-OH is 1. The van der Waals surface area contributed by atoms with Crippen molar-refractivity contribution >= 4 is 23.2 Å². The largest absolute Gasteiger partial charge is 0.489 e. The highest BCUT2D eigenvalue weighted by Crippen LogP contribution is 2.27. The van der Waals surface area contributed by atoms with Gasteiger partial charge in [0.15, 0.2) is 0 Å². The first kappa shape index (κ1) is 23.2. The minimum absolute atomic E-state index is 0.0753. The van der Waals surface area contributed by atoms with E-state index < -0.39 is 6.10 Å². The van der Waals surface area contributed by atoms with E-state index >= 15 is 0 Å². The number of anilines is 1. The number of carbonyl (C=O) groups is 1. The number of carbonyl (C=O) groups excluding carboxylic acids is 1. The number of rotatable bonds is 9. The van der Waals surface area contributed by atoms with Crippen molar-refractivity contribution in [2.75, 3.05) is 31.6 Å². The number of hydrogen-bond acceptors (Lipinski definition) is 5. The van der Waals surface area contributed by atoms with Crippen LogP contribution in [0.1, 0.15) is 22.3 Å². The molecule has 0 aliphatic carbocycles. The molecule has 1 fully saturated rings. The molecule has 7 nitrogen and oxygen atoms in total. The fourth-order valence-electron chi connectivity index (χ4n) is 3.81. The van der Waals surface area contributed by atoms with Gasteiger partial charge in [0, 0.05) is 37.1 Å². The molecule has 1 aliphatic rings. The molecule has 0 bridgehead atoms. The summed E-state index contributed by atoms with van der Waals surface area (Å²) in [5.74, 6) is 1.10. The summed E-state index contributed by atoms with van der Waals surface area (Å²) in [6.07, 6.45) is 3.62. The van der Waals surface area contributed by atoms with Crippen molar-refractivity contribution in [2.24, 2.45) is 0 Å². The monoisotopic (exact) mass is 469 g/mol. The van der Waals surface area contributed by atoms with Gasteiger partial charge in [-0.3, -0.25) is 9.69 Å². The lowest BCUT2D eigenvalue weighted by Gasteiger charge is -2.21. The molecule has 2 heterocycles. The zero-order chi connectivity index (χ0) is 23.2. The SMILES string of the molecule is Cc1ccc(NC(=O)c2cc[nH]c2)c(OCC(O)CN2CCC(Oc3ccc(Cl)cc3)C2)c1. The van der Waals surface area contributed by atoms with E-state index in [-0.39, 0.29) is 18.6 Å². The average Bonchev–Trinajstić information content (AvgIpc) is 3.48. The molecule has 1 aromatic heterocycles. The maximum absolute atomic E-state index is 12.4. The number of aliphatic hydroxyl groups is 1. The second-order valence-corrected chi connectivity index (χ2v) is 8.70. The first-order valence-corrected chi connectivity index (χ1v) is 11.3. The lowest BCUT2D eigenvalue weighted by molar-refractivity contribution is 0.0722. The Morgan fingerprint density at radius 2 is 2.09 bits per heavy atom. The number of amides is 1. The van der Waals surface area contributed by atoms with E-state index in [1.54, 1.807) is 24.5 Å². The third kappa shape index (κ3) is 6.51. The van der Waals surface area contributed by atoms with Crippen molar-refractivity contribution in [1.29, 1.82) is 0 Å². The summed E-state index contributed by atoms with van der Waals surface area (Å²) < 4.78 is 11.9. The Hall–Kier alpha value is -3.00. The molecule has 1 saturated heterocycles. The maximum atomic E-state index is 12.4. The molecule has 2 atom stereocenters. The van der Waals surface area contributed by atoms with Crippen molar-refractivity contribution in [2.45, 2.75) is 25.6 Å². The molecule has 1 aliphatic heterocycles. The van der Waals surface area contributed by atoms with E-state index in [1.165, 1.54) is 0 Å². The van der Waals surface area contributed by atoms with Crippen LogP contribution < -0.4 is 14.8 Å². The number of halogens is 1. The smallest absolute Gasteiger partial charge is 0.257 e. The Bertz CT molecular complexity index is 1060. The van der Waals surface area contributed by atoms with E-state index in [0.717, 1.165) is 30.8 Å². The van der Waals surface area contributed by atoms with Crippen LogP contribution in [0.25, 0.3) is 0 Å². The van der Waals surface area contributed by atoms with E-state index in [2.05, 4.69) is 15.2 Å². The van der Waals surface area contributed by atoms with Gasteiger partial charge in [-0.2, -0.15) is 0 Å². The number of ether oxygens (including phenoxy) is 2. The van der Waals surface area contributed by atoms with Gasteiger partial charge in [0.2, 0.25) is 0 Å². The number of nitrogens with one attached hydrogen (secondary N) is 2. The number of β-amino-alcohol motifs (C(OH)–C–C–N with tert-alkyl or cyclic N) is 1. The zero-order valence-corrected chi connectivity index (χ0v) is 19.2. The maximum Gasteiger partial charge on any atom is 0.257 e. The standard InChI is InChI=1S/C25H28ClN3O4/c1-17-2-7-23(28-25(31)18-8-10-27-13-18)24(12-17)32-16-20(30)14-29-11-9-22(15-29)33-21-5-3-19(26)4-6-21/h2-8,10,12-13,20,22,27,30H,9,11,14-16H2,1H3,(H,28,31). The third-order valence-electron chi connectivity index (χ3n) is 5.49. The summed E-state index contributed by atoms with van der Waals surface area (Å²) in [6, 6.07) is 14.6. The van der Waals surface area contributed by atoms with Gasteiger partial charge in [-0.1, -0.05) is 17.7 Å². The Morgan fingerprint density at radius 3 is 2.85 bits per heavy atom. The van der Waals surface area contributed by atoms with E-state index in [1.807, 2.05) is 43.3 Å². The number of benzene rings is 2. The second kappa shape index (κ2) is 10.7. The lowest BCUT2D eigenvalue weighted by Crippen LogP contribution is -2.35. The number of likely N-dealkylation sites (tertiary alicyclic amines) is 1. The highest BCUT2D eigenvalue weighted by atomic mass is 35.5. The summed E-state index contributed by atoms with van der Waals surface area (Å²) in [6.45, 7) is 4.14. The Balaban J connectivity index is 1.27. The van der Waals surface area contributed by atoms with Crippen molar-refractivity contribution in [1.82, 2.24) is 9.88 Å². The zero-order valence-electron chi connectivity index (χ0n) is 18.5. The topological polar surface area (TPSA) is 86.8 Å². The van der Waals surface area contributed by atoms with Gasteiger partial charge in [-0.05, 0) is 61.4 Å². The molecule has 0 radical (unpaired) electrons. The highest BCUT2D eigenvalue weighted by Gasteiger charge is 2.26.